The molecule has 2 atom stereocenters. The maximum absolute atomic E-state index is 8.51. The van der Waals surface area contributed by atoms with E-state index in [4.69, 9.17) is 10.00 Å². The Bertz CT molecular complexity index is 466. The van der Waals surface area contributed by atoms with E-state index in [2.05, 4.69) is 36.2 Å². The lowest BCUT2D eigenvalue weighted by Crippen LogP contribution is -2.46. The van der Waals surface area contributed by atoms with Crippen molar-refractivity contribution in [2.75, 3.05) is 26.2 Å². The third-order valence-electron chi connectivity index (χ3n) is 4.12. The van der Waals surface area contributed by atoms with Crippen molar-refractivity contribution < 1.29 is 4.74 Å². The van der Waals surface area contributed by atoms with E-state index in [1.54, 1.807) is 0 Å². The molecule has 0 spiro atoms. The maximum Gasteiger partial charge on any atom is 0.174 e. The van der Waals surface area contributed by atoms with E-state index in [1.165, 1.54) is 24.9 Å². The number of piperidine rings is 1. The predicted molar refractivity (Wildman–Crippen MR) is 84.2 cm³/mol. The lowest BCUT2D eigenvalue weighted by molar-refractivity contribution is 0.192. The first-order valence-corrected chi connectivity index (χ1v) is 7.81. The Balaban J connectivity index is 1.87. The van der Waals surface area contributed by atoms with E-state index in [1.807, 2.05) is 18.2 Å². The van der Waals surface area contributed by atoms with E-state index >= 15 is 0 Å². The predicted octanol–water partition coefficient (Wildman–Crippen LogP) is 2.72. The average molecular weight is 287 g/mol. The Hall–Kier alpha value is -1.57. The molecule has 2 rings (SSSR count). The first kappa shape index (κ1) is 15.8. The zero-order valence-electron chi connectivity index (χ0n) is 13.0. The summed E-state index contributed by atoms with van der Waals surface area (Å²) < 4.78 is 5.28. The van der Waals surface area contributed by atoms with Crippen molar-refractivity contribution in [3.63, 3.8) is 0 Å². The molecule has 0 aliphatic carbocycles. The quantitative estimate of drug-likeness (QED) is 0.874. The average Bonchev–Trinajstić information content (AvgIpc) is 2.53. The number of hydrogen-bond acceptors (Lipinski definition) is 4. The highest BCUT2D eigenvalue weighted by atomic mass is 16.5. The molecule has 1 aromatic rings. The smallest absolute Gasteiger partial charge is 0.174 e. The normalized spacial score (nSPS) is 20.7. The zero-order valence-corrected chi connectivity index (χ0v) is 13.0. The van der Waals surface area contributed by atoms with Crippen molar-refractivity contribution in [3.05, 3.63) is 29.8 Å². The summed E-state index contributed by atoms with van der Waals surface area (Å²) in [5.74, 6) is 0.752. The molecule has 0 radical (unpaired) electrons. The molecule has 4 heteroatoms. The monoisotopic (exact) mass is 287 g/mol. The van der Waals surface area contributed by atoms with Crippen LogP contribution in [-0.4, -0.2) is 37.2 Å². The van der Waals surface area contributed by atoms with E-state index in [0.29, 0.717) is 12.1 Å². The Morgan fingerprint density at radius 1 is 1.43 bits per heavy atom. The Morgan fingerprint density at radius 3 is 2.86 bits per heavy atom. The number of likely N-dealkylation sites (N-methyl/N-ethyl adjacent to an activating group) is 1. The van der Waals surface area contributed by atoms with E-state index in [9.17, 15) is 0 Å². The molecule has 0 amide bonds. The van der Waals surface area contributed by atoms with E-state index < -0.39 is 0 Å². The van der Waals surface area contributed by atoms with Gasteiger partial charge in [0.05, 0.1) is 0 Å². The van der Waals surface area contributed by atoms with Gasteiger partial charge in [0.25, 0.3) is 0 Å². The van der Waals surface area contributed by atoms with Gasteiger partial charge in [0, 0.05) is 18.6 Å². The van der Waals surface area contributed by atoms with Crippen LogP contribution in [0.25, 0.3) is 0 Å². The summed E-state index contributed by atoms with van der Waals surface area (Å²) in [6.07, 6.45) is 2.53. The van der Waals surface area contributed by atoms with Crippen LogP contribution in [0.15, 0.2) is 24.3 Å². The van der Waals surface area contributed by atoms with Crippen molar-refractivity contribution in [1.82, 2.24) is 10.2 Å². The van der Waals surface area contributed by atoms with Crippen molar-refractivity contribution >= 4 is 0 Å². The first-order valence-electron chi connectivity index (χ1n) is 7.81. The molecular weight excluding hydrogens is 262 g/mol. The molecule has 0 bridgehead atoms. The van der Waals surface area contributed by atoms with E-state index in [0.717, 1.165) is 18.8 Å². The molecule has 0 aromatic heterocycles. The number of likely N-dealkylation sites (tertiary alicyclic amines) is 1. The molecule has 1 heterocycles. The lowest BCUT2D eigenvalue weighted by atomic mass is 10.0. The third kappa shape index (κ3) is 4.73. The van der Waals surface area contributed by atoms with Crippen molar-refractivity contribution in [3.8, 4) is 11.8 Å². The number of nitriles is 1. The number of benzene rings is 1. The van der Waals surface area contributed by atoms with Gasteiger partial charge in [0.15, 0.2) is 6.61 Å². The summed E-state index contributed by atoms with van der Waals surface area (Å²) in [5.41, 5.74) is 1.26. The minimum atomic E-state index is 0.0993. The van der Waals surface area contributed by atoms with Crippen molar-refractivity contribution in [2.45, 2.75) is 38.8 Å². The molecule has 1 N–H and O–H groups in total. The number of rotatable bonds is 6. The van der Waals surface area contributed by atoms with Crippen LogP contribution in [-0.2, 0) is 0 Å². The summed E-state index contributed by atoms with van der Waals surface area (Å²) in [7, 11) is 0. The Morgan fingerprint density at radius 2 is 2.19 bits per heavy atom. The minimum absolute atomic E-state index is 0.0993. The number of ether oxygens (including phenoxy) is 1. The molecule has 21 heavy (non-hydrogen) atoms. The SMILES string of the molecule is CCN1CCCC(NC(C)c2ccc(OCC#N)cc2)C1. The van der Waals surface area contributed by atoms with Crippen LogP contribution >= 0.6 is 0 Å². The molecule has 114 valence electrons. The molecule has 1 saturated heterocycles. The van der Waals surface area contributed by atoms with E-state index in [-0.39, 0.29) is 6.61 Å². The Kier molecular flexibility index (Phi) is 6.04. The van der Waals surface area contributed by atoms with Crippen LogP contribution in [0.4, 0.5) is 0 Å². The Labute approximate surface area is 127 Å². The van der Waals surface area contributed by atoms with Crippen LogP contribution in [0.2, 0.25) is 0 Å². The molecule has 1 fully saturated rings. The zero-order chi connectivity index (χ0) is 15.1. The molecule has 4 nitrogen and oxygen atoms in total. The van der Waals surface area contributed by atoms with Crippen LogP contribution < -0.4 is 10.1 Å². The van der Waals surface area contributed by atoms with Crippen LogP contribution in [0, 0.1) is 11.3 Å². The van der Waals surface area contributed by atoms with Gasteiger partial charge in [0.1, 0.15) is 11.8 Å². The second kappa shape index (κ2) is 8.02. The fraction of sp³-hybridized carbons (Fsp3) is 0.588. The van der Waals surface area contributed by atoms with Gasteiger partial charge < -0.3 is 15.0 Å². The van der Waals surface area contributed by atoms with Crippen molar-refractivity contribution in [2.24, 2.45) is 0 Å². The second-order valence-corrected chi connectivity index (χ2v) is 5.64. The lowest BCUT2D eigenvalue weighted by Gasteiger charge is -2.34. The fourth-order valence-corrected chi connectivity index (χ4v) is 2.90. The highest BCUT2D eigenvalue weighted by molar-refractivity contribution is 5.29. The summed E-state index contributed by atoms with van der Waals surface area (Å²) >= 11 is 0. The highest BCUT2D eigenvalue weighted by Crippen LogP contribution is 2.20. The van der Waals surface area contributed by atoms with Gasteiger partial charge in [-0.3, -0.25) is 0 Å². The van der Waals surface area contributed by atoms with Gasteiger partial charge in [-0.15, -0.1) is 0 Å². The molecule has 0 saturated carbocycles. The summed E-state index contributed by atoms with van der Waals surface area (Å²) in [6.45, 7) is 8.04. The van der Waals surface area contributed by atoms with Gasteiger partial charge in [-0.25, -0.2) is 0 Å². The topological polar surface area (TPSA) is 48.3 Å². The van der Waals surface area contributed by atoms with Gasteiger partial charge in [-0.05, 0) is 50.6 Å². The molecule has 2 unspecified atom stereocenters. The van der Waals surface area contributed by atoms with Gasteiger partial charge in [0.2, 0.25) is 0 Å². The molecule has 1 aliphatic rings. The number of nitrogens with zero attached hydrogens (tertiary/aromatic N) is 2. The maximum atomic E-state index is 8.51. The summed E-state index contributed by atoms with van der Waals surface area (Å²) in [5, 5.41) is 12.2. The van der Waals surface area contributed by atoms with Crippen LogP contribution in [0.5, 0.6) is 5.75 Å². The summed E-state index contributed by atoms with van der Waals surface area (Å²) in [6, 6.07) is 10.9. The van der Waals surface area contributed by atoms with Crippen molar-refractivity contribution in [1.29, 1.82) is 5.26 Å². The number of hydrogen-bond donors (Lipinski definition) is 1. The molecular formula is C17H25N3O. The third-order valence-corrected chi connectivity index (χ3v) is 4.12. The summed E-state index contributed by atoms with van der Waals surface area (Å²) in [4.78, 5) is 2.51. The largest absolute Gasteiger partial charge is 0.479 e. The standard InChI is InChI=1S/C17H25N3O/c1-3-20-11-4-5-16(13-20)19-14(2)15-6-8-17(9-7-15)21-12-10-18/h6-9,14,16,19H,3-5,11-13H2,1-2H3. The minimum Gasteiger partial charge on any atom is -0.479 e. The van der Waals surface area contributed by atoms with Gasteiger partial charge in [-0.2, -0.15) is 5.26 Å². The molecule has 1 aromatic carbocycles. The number of nitrogens with one attached hydrogen (secondary N) is 1. The van der Waals surface area contributed by atoms with Crippen LogP contribution in [0.1, 0.15) is 38.3 Å². The fourth-order valence-electron chi connectivity index (χ4n) is 2.90. The van der Waals surface area contributed by atoms with Gasteiger partial charge >= 0.3 is 0 Å². The van der Waals surface area contributed by atoms with Crippen LogP contribution in [0.3, 0.4) is 0 Å². The van der Waals surface area contributed by atoms with Gasteiger partial charge in [-0.1, -0.05) is 19.1 Å². The highest BCUT2D eigenvalue weighted by Gasteiger charge is 2.20. The second-order valence-electron chi connectivity index (χ2n) is 5.64. The first-order chi connectivity index (χ1) is 10.2. The molecule has 1 aliphatic heterocycles.